The third-order valence-electron chi connectivity index (χ3n) is 6.59. The minimum Gasteiger partial charge on any atom is -0.508 e. The predicted molar refractivity (Wildman–Crippen MR) is 132 cm³/mol. The summed E-state index contributed by atoms with van der Waals surface area (Å²) in [6, 6.07) is 9.95. The molecule has 2 aliphatic heterocycles. The summed E-state index contributed by atoms with van der Waals surface area (Å²) in [6.07, 6.45) is 1.77. The van der Waals surface area contributed by atoms with Crippen molar-refractivity contribution >= 4 is 17.5 Å². The van der Waals surface area contributed by atoms with E-state index in [0.29, 0.717) is 6.54 Å². The van der Waals surface area contributed by atoms with Crippen molar-refractivity contribution in [2.45, 2.75) is 50.4 Å². The van der Waals surface area contributed by atoms with E-state index in [1.54, 1.807) is 13.8 Å². The average Bonchev–Trinajstić information content (AvgIpc) is 3.16. The van der Waals surface area contributed by atoms with Crippen LogP contribution in [0.15, 0.2) is 36.4 Å². The normalized spacial score (nSPS) is 18.1. The number of hydrogen-bond donors (Lipinski definition) is 4. The average molecular weight is 505 g/mol. The van der Waals surface area contributed by atoms with E-state index in [2.05, 4.69) is 10.2 Å². The van der Waals surface area contributed by atoms with E-state index in [0.717, 1.165) is 48.7 Å². The minimum absolute atomic E-state index is 0.0325. The lowest BCUT2D eigenvalue weighted by Gasteiger charge is -2.39. The first-order valence-corrected chi connectivity index (χ1v) is 12.2. The number of amides is 1. The number of phenolic OH excluding ortho intramolecular Hbond substituents is 1. The van der Waals surface area contributed by atoms with Gasteiger partial charge >= 0.3 is 0 Å². The SMILES string of the molecule is CC(C)(CO)NC(=O)c1ccc(O)cc1OC[C@@H](O)CN1CCC2(CC1)Cc1cc(Cl)ccc1O2. The first-order valence-electron chi connectivity index (χ1n) is 11.9. The molecule has 1 spiro atoms. The van der Waals surface area contributed by atoms with Crippen LogP contribution < -0.4 is 14.8 Å². The van der Waals surface area contributed by atoms with Crippen molar-refractivity contribution in [2.75, 3.05) is 32.8 Å². The maximum atomic E-state index is 12.7. The van der Waals surface area contributed by atoms with Crippen molar-refractivity contribution in [3.63, 3.8) is 0 Å². The molecule has 0 saturated carbocycles. The van der Waals surface area contributed by atoms with Crippen LogP contribution in [0.2, 0.25) is 5.02 Å². The highest BCUT2D eigenvalue weighted by molar-refractivity contribution is 6.30. The van der Waals surface area contributed by atoms with Crippen LogP contribution in [0.1, 0.15) is 42.6 Å². The largest absolute Gasteiger partial charge is 0.508 e. The lowest BCUT2D eigenvalue weighted by atomic mass is 9.87. The molecule has 9 heteroatoms. The van der Waals surface area contributed by atoms with Gasteiger partial charge in [0.1, 0.15) is 35.6 Å². The molecule has 1 fully saturated rings. The third-order valence-corrected chi connectivity index (χ3v) is 6.82. The Hall–Kier alpha value is -2.52. The van der Waals surface area contributed by atoms with Crippen molar-refractivity contribution in [1.29, 1.82) is 0 Å². The van der Waals surface area contributed by atoms with Crippen LogP contribution in [0.3, 0.4) is 0 Å². The molecule has 1 amide bonds. The van der Waals surface area contributed by atoms with Gasteiger partial charge in [0.05, 0.1) is 17.7 Å². The van der Waals surface area contributed by atoms with Crippen molar-refractivity contribution in [3.05, 3.63) is 52.5 Å². The van der Waals surface area contributed by atoms with E-state index in [9.17, 15) is 20.1 Å². The van der Waals surface area contributed by atoms with Crippen LogP contribution in [-0.4, -0.2) is 76.2 Å². The Bertz CT molecular complexity index is 1070. The molecule has 2 heterocycles. The number of rotatable bonds is 8. The van der Waals surface area contributed by atoms with Gasteiger partial charge in [0.2, 0.25) is 0 Å². The Morgan fingerprint density at radius 1 is 1.26 bits per heavy atom. The molecule has 0 aliphatic carbocycles. The molecular formula is C26H33ClN2O6. The number of aliphatic hydroxyl groups is 2. The Kier molecular flexibility index (Phi) is 7.47. The Balaban J connectivity index is 1.29. The van der Waals surface area contributed by atoms with E-state index < -0.39 is 17.6 Å². The highest BCUT2D eigenvalue weighted by Crippen LogP contribution is 2.42. The summed E-state index contributed by atoms with van der Waals surface area (Å²) in [5, 5.41) is 33.3. The van der Waals surface area contributed by atoms with Crippen LogP contribution in [0.4, 0.5) is 0 Å². The highest BCUT2D eigenvalue weighted by Gasteiger charge is 2.42. The summed E-state index contributed by atoms with van der Waals surface area (Å²) in [6.45, 7) is 5.13. The molecular weight excluding hydrogens is 472 g/mol. The number of aromatic hydroxyl groups is 1. The number of fused-ring (bicyclic) bond motifs is 1. The zero-order valence-electron chi connectivity index (χ0n) is 20.1. The zero-order chi connectivity index (χ0) is 25.2. The number of piperidine rings is 1. The number of hydrogen-bond acceptors (Lipinski definition) is 7. The van der Waals surface area contributed by atoms with Gasteiger partial charge in [0.15, 0.2) is 0 Å². The molecule has 35 heavy (non-hydrogen) atoms. The predicted octanol–water partition coefficient (Wildman–Crippen LogP) is 2.76. The number of halogens is 1. The van der Waals surface area contributed by atoms with E-state index in [4.69, 9.17) is 21.1 Å². The van der Waals surface area contributed by atoms with Crippen molar-refractivity contribution < 1.29 is 29.6 Å². The van der Waals surface area contributed by atoms with Crippen LogP contribution in [0.25, 0.3) is 0 Å². The summed E-state index contributed by atoms with van der Waals surface area (Å²) in [5.41, 5.74) is 0.341. The molecule has 1 atom stereocenters. The van der Waals surface area contributed by atoms with E-state index in [1.807, 2.05) is 18.2 Å². The number of carbonyl (C=O) groups excluding carboxylic acids is 1. The molecule has 4 rings (SSSR count). The minimum atomic E-state index is -0.811. The quantitative estimate of drug-likeness (QED) is 0.437. The molecule has 1 saturated heterocycles. The number of β-amino-alcohol motifs (C(OH)–C–C–N with tert-alkyl or cyclic N) is 1. The van der Waals surface area contributed by atoms with Crippen molar-refractivity contribution in [2.24, 2.45) is 0 Å². The Labute approximate surface area is 210 Å². The second-order valence-electron chi connectivity index (χ2n) is 10.2. The smallest absolute Gasteiger partial charge is 0.255 e. The first kappa shape index (κ1) is 25.6. The van der Waals surface area contributed by atoms with Crippen molar-refractivity contribution in [1.82, 2.24) is 10.2 Å². The van der Waals surface area contributed by atoms with Gasteiger partial charge < -0.3 is 35.0 Å². The van der Waals surface area contributed by atoms with Gasteiger partial charge in [-0.05, 0) is 49.7 Å². The number of benzene rings is 2. The number of nitrogens with zero attached hydrogens (tertiary/aromatic N) is 1. The monoisotopic (exact) mass is 504 g/mol. The third kappa shape index (κ3) is 6.19. The maximum absolute atomic E-state index is 12.7. The fourth-order valence-corrected chi connectivity index (χ4v) is 4.79. The van der Waals surface area contributed by atoms with Gasteiger partial charge in [0.25, 0.3) is 5.91 Å². The number of ether oxygens (including phenoxy) is 2. The van der Waals surface area contributed by atoms with Gasteiger partial charge in [-0.25, -0.2) is 0 Å². The fraction of sp³-hybridized carbons (Fsp3) is 0.500. The fourth-order valence-electron chi connectivity index (χ4n) is 4.59. The molecule has 2 aliphatic rings. The number of carbonyl (C=O) groups is 1. The van der Waals surface area contributed by atoms with Crippen LogP contribution >= 0.6 is 11.6 Å². The first-order chi connectivity index (χ1) is 16.6. The molecule has 4 N–H and O–H groups in total. The second kappa shape index (κ2) is 10.2. The van der Waals surface area contributed by atoms with Crippen molar-refractivity contribution in [3.8, 4) is 17.2 Å². The zero-order valence-corrected chi connectivity index (χ0v) is 20.8. The van der Waals surface area contributed by atoms with Gasteiger partial charge in [0, 0.05) is 50.0 Å². The van der Waals surface area contributed by atoms with E-state index >= 15 is 0 Å². The van der Waals surface area contributed by atoms with E-state index in [-0.39, 0.29) is 35.9 Å². The molecule has 190 valence electrons. The molecule has 0 unspecified atom stereocenters. The van der Waals surface area contributed by atoms with Crippen LogP contribution in [0.5, 0.6) is 17.2 Å². The topological polar surface area (TPSA) is 111 Å². The van der Waals surface area contributed by atoms with Crippen LogP contribution in [-0.2, 0) is 6.42 Å². The summed E-state index contributed by atoms with van der Waals surface area (Å²) >= 11 is 6.13. The second-order valence-corrected chi connectivity index (χ2v) is 10.6. The Morgan fingerprint density at radius 2 is 2.00 bits per heavy atom. The number of phenols is 1. The summed E-state index contributed by atoms with van der Waals surface area (Å²) in [5.74, 6) is 0.592. The summed E-state index contributed by atoms with van der Waals surface area (Å²) in [4.78, 5) is 14.8. The molecule has 2 aromatic rings. The lowest BCUT2D eigenvalue weighted by Crippen LogP contribution is -2.49. The van der Waals surface area contributed by atoms with Crippen LogP contribution in [0, 0.1) is 0 Å². The van der Waals surface area contributed by atoms with Gasteiger partial charge in [-0.3, -0.25) is 4.79 Å². The van der Waals surface area contributed by atoms with Gasteiger partial charge in [-0.15, -0.1) is 0 Å². The maximum Gasteiger partial charge on any atom is 0.255 e. The lowest BCUT2D eigenvalue weighted by molar-refractivity contribution is -0.00201. The molecule has 0 radical (unpaired) electrons. The van der Waals surface area contributed by atoms with Gasteiger partial charge in [-0.2, -0.15) is 0 Å². The standard InChI is InChI=1S/C26H33ClN2O6/c1-25(2,16-30)28-24(33)21-5-4-19(31)12-23(21)34-15-20(32)14-29-9-7-26(8-10-29)13-17-11-18(27)3-6-22(17)35-26/h3-6,11-12,20,30-32H,7-10,13-16H2,1-2H3,(H,28,33)/t20-/m0/s1. The molecule has 0 aromatic heterocycles. The molecule has 8 nitrogen and oxygen atoms in total. The molecule has 0 bridgehead atoms. The number of likely N-dealkylation sites (tertiary alicyclic amines) is 1. The summed E-state index contributed by atoms with van der Waals surface area (Å²) in [7, 11) is 0. The Morgan fingerprint density at radius 3 is 2.71 bits per heavy atom. The van der Waals surface area contributed by atoms with E-state index in [1.165, 1.54) is 18.2 Å². The summed E-state index contributed by atoms with van der Waals surface area (Å²) < 4.78 is 12.0. The van der Waals surface area contributed by atoms with Gasteiger partial charge in [-0.1, -0.05) is 11.6 Å². The number of aliphatic hydroxyl groups excluding tert-OH is 2. The number of nitrogens with one attached hydrogen (secondary N) is 1. The highest BCUT2D eigenvalue weighted by atomic mass is 35.5. The molecule has 2 aromatic carbocycles.